The highest BCUT2D eigenvalue weighted by Gasteiger charge is 2.23. The first-order chi connectivity index (χ1) is 8.08. The third kappa shape index (κ3) is 2.86. The van der Waals surface area contributed by atoms with Gasteiger partial charge in [0.25, 0.3) is 0 Å². The molecule has 2 atom stereocenters. The lowest BCUT2D eigenvalue weighted by Crippen LogP contribution is -2.21. The van der Waals surface area contributed by atoms with E-state index in [0.29, 0.717) is 6.04 Å². The van der Waals surface area contributed by atoms with Crippen molar-refractivity contribution in [2.45, 2.75) is 32.2 Å². The van der Waals surface area contributed by atoms with E-state index in [-0.39, 0.29) is 0 Å². The molecule has 0 amide bonds. The average molecular weight is 253 g/mol. The van der Waals surface area contributed by atoms with Gasteiger partial charge in [-0.15, -0.1) is 0 Å². The van der Waals surface area contributed by atoms with Crippen molar-refractivity contribution in [2.24, 2.45) is 5.92 Å². The fraction of sp³-hybridized carbons (Fsp3) is 0.571. The van der Waals surface area contributed by atoms with Crippen LogP contribution in [0.2, 0.25) is 5.02 Å². The zero-order valence-corrected chi connectivity index (χ0v) is 11.6. The van der Waals surface area contributed by atoms with Crippen LogP contribution in [0.5, 0.6) is 0 Å². The lowest BCUT2D eigenvalue weighted by molar-refractivity contribution is 0.556. The summed E-state index contributed by atoms with van der Waals surface area (Å²) in [4.78, 5) is 2.03. The first-order valence-electron chi connectivity index (χ1n) is 6.31. The Hall–Kier alpha value is -0.890. The van der Waals surface area contributed by atoms with Gasteiger partial charge in [-0.25, -0.2) is 0 Å². The van der Waals surface area contributed by atoms with Crippen LogP contribution >= 0.6 is 11.6 Å². The largest absolute Gasteiger partial charge is 0.382 e. The number of nitrogens with one attached hydrogen (secondary N) is 1. The van der Waals surface area contributed by atoms with Gasteiger partial charge in [0.15, 0.2) is 0 Å². The van der Waals surface area contributed by atoms with Gasteiger partial charge in [0.2, 0.25) is 0 Å². The number of rotatable bonds is 3. The predicted octanol–water partition coefficient (Wildman–Crippen LogP) is 4.01. The van der Waals surface area contributed by atoms with Crippen molar-refractivity contribution in [1.82, 2.24) is 0 Å². The molecule has 2 unspecified atom stereocenters. The zero-order valence-electron chi connectivity index (χ0n) is 10.8. The van der Waals surface area contributed by atoms with Gasteiger partial charge >= 0.3 is 0 Å². The van der Waals surface area contributed by atoms with E-state index in [2.05, 4.69) is 24.4 Å². The third-order valence-electron chi connectivity index (χ3n) is 3.64. The van der Waals surface area contributed by atoms with Crippen molar-refractivity contribution < 1.29 is 0 Å². The molecule has 0 spiro atoms. The Morgan fingerprint density at radius 3 is 2.59 bits per heavy atom. The number of anilines is 2. The highest BCUT2D eigenvalue weighted by atomic mass is 35.5. The molecule has 0 aromatic heterocycles. The van der Waals surface area contributed by atoms with Crippen LogP contribution in [0, 0.1) is 5.92 Å². The summed E-state index contributed by atoms with van der Waals surface area (Å²) < 4.78 is 0. The number of nitrogens with zero attached hydrogens (tertiary/aromatic N) is 1. The van der Waals surface area contributed by atoms with Crippen molar-refractivity contribution in [3.8, 4) is 0 Å². The van der Waals surface area contributed by atoms with Crippen LogP contribution in [-0.4, -0.2) is 20.1 Å². The van der Waals surface area contributed by atoms with Gasteiger partial charge in [0.05, 0.1) is 10.7 Å². The molecule has 0 saturated heterocycles. The second-order valence-corrected chi connectivity index (χ2v) is 5.63. The molecular weight excluding hydrogens is 232 g/mol. The molecule has 1 aliphatic carbocycles. The van der Waals surface area contributed by atoms with E-state index in [9.17, 15) is 0 Å². The molecule has 1 aromatic carbocycles. The van der Waals surface area contributed by atoms with Crippen LogP contribution in [-0.2, 0) is 0 Å². The van der Waals surface area contributed by atoms with E-state index >= 15 is 0 Å². The fourth-order valence-electron chi connectivity index (χ4n) is 2.53. The van der Waals surface area contributed by atoms with E-state index in [1.54, 1.807) is 0 Å². The molecule has 1 N–H and O–H groups in total. The minimum atomic E-state index is 0.608. The van der Waals surface area contributed by atoms with Crippen molar-refractivity contribution in [2.75, 3.05) is 24.3 Å². The summed E-state index contributed by atoms with van der Waals surface area (Å²) in [6.45, 7) is 2.32. The molecule has 1 fully saturated rings. The van der Waals surface area contributed by atoms with Crippen LogP contribution in [0.15, 0.2) is 18.2 Å². The molecule has 1 saturated carbocycles. The molecule has 0 bridgehead atoms. The Kier molecular flexibility index (Phi) is 3.82. The standard InChI is InChI=1S/C14H21ClN2/c1-10-5-4-6-13(10)16-11-7-8-14(17(2)3)12(15)9-11/h7-10,13,16H,4-6H2,1-3H3. The van der Waals surface area contributed by atoms with E-state index in [0.717, 1.165) is 22.3 Å². The molecule has 2 nitrogen and oxygen atoms in total. The maximum absolute atomic E-state index is 6.26. The lowest BCUT2D eigenvalue weighted by Gasteiger charge is -2.20. The minimum absolute atomic E-state index is 0.608. The molecule has 1 aliphatic rings. The van der Waals surface area contributed by atoms with Gasteiger partial charge in [-0.2, -0.15) is 0 Å². The van der Waals surface area contributed by atoms with Crippen LogP contribution in [0.1, 0.15) is 26.2 Å². The van der Waals surface area contributed by atoms with Crippen molar-refractivity contribution in [1.29, 1.82) is 0 Å². The first kappa shape index (κ1) is 12.6. The second kappa shape index (κ2) is 5.18. The first-order valence-corrected chi connectivity index (χ1v) is 6.69. The maximum Gasteiger partial charge on any atom is 0.0659 e. The Morgan fingerprint density at radius 1 is 1.29 bits per heavy atom. The summed E-state index contributed by atoms with van der Waals surface area (Å²) in [7, 11) is 4.01. The molecule has 0 radical (unpaired) electrons. The molecule has 0 heterocycles. The van der Waals surface area contributed by atoms with E-state index in [4.69, 9.17) is 11.6 Å². The van der Waals surface area contributed by atoms with Crippen LogP contribution in [0.4, 0.5) is 11.4 Å². The predicted molar refractivity (Wildman–Crippen MR) is 76.2 cm³/mol. The Balaban J connectivity index is 2.09. The van der Waals surface area contributed by atoms with Gasteiger partial charge < -0.3 is 10.2 Å². The Morgan fingerprint density at radius 2 is 2.06 bits per heavy atom. The molecular formula is C14H21ClN2. The molecule has 0 aliphatic heterocycles. The van der Waals surface area contributed by atoms with Crippen LogP contribution < -0.4 is 10.2 Å². The van der Waals surface area contributed by atoms with Gasteiger partial charge in [-0.3, -0.25) is 0 Å². The van der Waals surface area contributed by atoms with E-state index < -0.39 is 0 Å². The topological polar surface area (TPSA) is 15.3 Å². The SMILES string of the molecule is CC1CCCC1Nc1ccc(N(C)C)c(Cl)c1. The smallest absolute Gasteiger partial charge is 0.0659 e. The molecule has 2 rings (SSSR count). The second-order valence-electron chi connectivity index (χ2n) is 5.22. The highest BCUT2D eigenvalue weighted by Crippen LogP contribution is 2.31. The van der Waals surface area contributed by atoms with Gasteiger partial charge in [-0.1, -0.05) is 24.9 Å². The van der Waals surface area contributed by atoms with Gasteiger partial charge in [0, 0.05) is 25.8 Å². The Labute approximate surface area is 109 Å². The van der Waals surface area contributed by atoms with Gasteiger partial charge in [-0.05, 0) is 37.0 Å². The normalized spacial score (nSPS) is 23.8. The Bertz CT molecular complexity index is 390. The summed E-state index contributed by atoms with van der Waals surface area (Å²) in [5.74, 6) is 0.766. The number of benzene rings is 1. The summed E-state index contributed by atoms with van der Waals surface area (Å²) >= 11 is 6.26. The molecule has 3 heteroatoms. The van der Waals surface area contributed by atoms with Gasteiger partial charge in [0.1, 0.15) is 0 Å². The number of halogens is 1. The fourth-order valence-corrected chi connectivity index (χ4v) is 2.88. The molecule has 94 valence electrons. The number of hydrogen-bond donors (Lipinski definition) is 1. The zero-order chi connectivity index (χ0) is 12.4. The average Bonchev–Trinajstić information content (AvgIpc) is 2.64. The minimum Gasteiger partial charge on any atom is -0.382 e. The summed E-state index contributed by atoms with van der Waals surface area (Å²) in [5.41, 5.74) is 2.20. The highest BCUT2D eigenvalue weighted by molar-refractivity contribution is 6.33. The summed E-state index contributed by atoms with van der Waals surface area (Å²) in [6, 6.07) is 6.83. The quantitative estimate of drug-likeness (QED) is 0.875. The van der Waals surface area contributed by atoms with Crippen molar-refractivity contribution >= 4 is 23.0 Å². The maximum atomic E-state index is 6.26. The summed E-state index contributed by atoms with van der Waals surface area (Å²) in [5, 5.41) is 4.41. The van der Waals surface area contributed by atoms with Crippen LogP contribution in [0.3, 0.4) is 0 Å². The third-order valence-corrected chi connectivity index (χ3v) is 3.95. The van der Waals surface area contributed by atoms with E-state index in [1.165, 1.54) is 19.3 Å². The van der Waals surface area contributed by atoms with Crippen LogP contribution in [0.25, 0.3) is 0 Å². The molecule has 17 heavy (non-hydrogen) atoms. The monoisotopic (exact) mass is 252 g/mol. The molecule has 1 aromatic rings. The van der Waals surface area contributed by atoms with E-state index in [1.807, 2.05) is 25.1 Å². The number of hydrogen-bond acceptors (Lipinski definition) is 2. The van der Waals surface area contributed by atoms with Crippen molar-refractivity contribution in [3.05, 3.63) is 23.2 Å². The van der Waals surface area contributed by atoms with Crippen molar-refractivity contribution in [3.63, 3.8) is 0 Å². The summed E-state index contributed by atoms with van der Waals surface area (Å²) in [6.07, 6.45) is 3.94. The lowest BCUT2D eigenvalue weighted by atomic mass is 10.1.